The van der Waals surface area contributed by atoms with E-state index in [-0.39, 0.29) is 30.2 Å². The first-order valence-corrected chi connectivity index (χ1v) is 15.3. The lowest BCUT2D eigenvalue weighted by Crippen LogP contribution is -2.40. The highest BCUT2D eigenvalue weighted by atomic mass is 79.9. The fraction of sp³-hybridized carbons (Fsp3) is 0.167. The van der Waals surface area contributed by atoms with Gasteiger partial charge >= 0.3 is 5.97 Å². The van der Waals surface area contributed by atoms with Crippen LogP contribution in [-0.4, -0.2) is 17.1 Å². The van der Waals surface area contributed by atoms with Gasteiger partial charge in [-0.15, -0.1) is 0 Å². The maximum Gasteiger partial charge on any atom is 0.338 e. The van der Waals surface area contributed by atoms with Gasteiger partial charge in [-0.25, -0.2) is 14.2 Å². The highest BCUT2D eigenvalue weighted by Gasteiger charge is 2.34. The molecule has 5 rings (SSSR count). The van der Waals surface area contributed by atoms with Crippen molar-refractivity contribution in [2.24, 2.45) is 4.99 Å². The van der Waals surface area contributed by atoms with Crippen molar-refractivity contribution in [3.8, 4) is 5.75 Å². The molecule has 0 aliphatic carbocycles. The zero-order chi connectivity index (χ0) is 29.3. The number of allylic oxidation sites excluding steroid dienone is 1. The second kappa shape index (κ2) is 12.4. The summed E-state index contributed by atoms with van der Waals surface area (Å²) >= 11 is 14.8. The maximum atomic E-state index is 14.3. The van der Waals surface area contributed by atoms with Gasteiger partial charge in [-0.2, -0.15) is 0 Å². The number of benzene rings is 3. The minimum atomic E-state index is -0.827. The van der Waals surface area contributed by atoms with Crippen LogP contribution in [0.25, 0.3) is 6.08 Å². The van der Waals surface area contributed by atoms with E-state index in [2.05, 4.69) is 36.9 Å². The van der Waals surface area contributed by atoms with Gasteiger partial charge in [0.25, 0.3) is 5.56 Å². The van der Waals surface area contributed by atoms with Gasteiger partial charge in [0.1, 0.15) is 24.2 Å². The summed E-state index contributed by atoms with van der Waals surface area (Å²) in [5, 5.41) is 0.406. The third-order valence-electron chi connectivity index (χ3n) is 6.37. The van der Waals surface area contributed by atoms with Crippen molar-refractivity contribution in [2.75, 3.05) is 6.61 Å². The van der Waals surface area contributed by atoms with Gasteiger partial charge in [-0.1, -0.05) is 75.3 Å². The lowest BCUT2D eigenvalue weighted by Gasteiger charge is -2.25. The largest absolute Gasteiger partial charge is 0.487 e. The Balaban J connectivity index is 1.67. The van der Waals surface area contributed by atoms with Crippen LogP contribution in [0.4, 0.5) is 4.39 Å². The smallest absolute Gasteiger partial charge is 0.338 e. The molecule has 2 heterocycles. The van der Waals surface area contributed by atoms with E-state index >= 15 is 0 Å². The van der Waals surface area contributed by atoms with Gasteiger partial charge in [0.2, 0.25) is 0 Å². The molecule has 6 nitrogen and oxygen atoms in total. The molecule has 1 aliphatic rings. The molecule has 0 fully saturated rings. The Morgan fingerprint density at radius 1 is 1.17 bits per heavy atom. The van der Waals surface area contributed by atoms with Crippen LogP contribution in [0.1, 0.15) is 36.6 Å². The summed E-state index contributed by atoms with van der Waals surface area (Å²) in [5.41, 5.74) is 1.90. The quantitative estimate of drug-likeness (QED) is 0.200. The molecule has 0 spiro atoms. The highest BCUT2D eigenvalue weighted by molar-refractivity contribution is 9.11. The lowest BCUT2D eigenvalue weighted by atomic mass is 9.96. The predicted molar refractivity (Wildman–Crippen MR) is 164 cm³/mol. The van der Waals surface area contributed by atoms with Gasteiger partial charge in [-0.05, 0) is 65.7 Å². The van der Waals surface area contributed by atoms with E-state index in [1.807, 2.05) is 6.07 Å². The molecule has 1 aromatic heterocycles. The number of nitrogens with zero attached hydrogens (tertiary/aromatic N) is 2. The highest BCUT2D eigenvalue weighted by Crippen LogP contribution is 2.36. The third kappa shape index (κ3) is 5.97. The zero-order valence-corrected chi connectivity index (χ0v) is 26.5. The Morgan fingerprint density at radius 3 is 2.63 bits per heavy atom. The number of ether oxygens (including phenoxy) is 2. The van der Waals surface area contributed by atoms with Crippen molar-refractivity contribution >= 4 is 66.8 Å². The number of halogens is 4. The van der Waals surface area contributed by atoms with Gasteiger partial charge < -0.3 is 9.47 Å². The van der Waals surface area contributed by atoms with Crippen molar-refractivity contribution < 1.29 is 18.7 Å². The standard InChI is InChI=1S/C30H22Br2ClFN2O4S/c1-3-39-29(38)25-16(2)35-30-36(26(25)20-9-5-6-10-22(20)33)28(37)24(41-30)13-18-12-19(31)14-21(32)27(18)40-15-17-8-4-7-11-23(17)34/h4-14,26H,3,15H2,1-2H3/b24-13-/t26-/m0/s1. The van der Waals surface area contributed by atoms with Crippen LogP contribution >= 0.6 is 54.8 Å². The lowest BCUT2D eigenvalue weighted by molar-refractivity contribution is -0.139. The topological polar surface area (TPSA) is 69.9 Å². The summed E-state index contributed by atoms with van der Waals surface area (Å²) in [6, 6.07) is 16.2. The summed E-state index contributed by atoms with van der Waals surface area (Å²) in [6.45, 7) is 3.59. The number of fused-ring (bicyclic) bond motifs is 1. The van der Waals surface area contributed by atoms with Crippen molar-refractivity contribution in [1.82, 2.24) is 4.57 Å². The molecule has 3 aromatic carbocycles. The number of rotatable bonds is 7. The Kier molecular flexibility index (Phi) is 8.94. The number of carbonyl (C=O) groups excluding carboxylic acids is 1. The van der Waals surface area contributed by atoms with Gasteiger partial charge in [0.15, 0.2) is 4.80 Å². The van der Waals surface area contributed by atoms with Crippen LogP contribution in [-0.2, 0) is 16.1 Å². The molecule has 0 unspecified atom stereocenters. The number of hydrogen-bond acceptors (Lipinski definition) is 6. The van der Waals surface area contributed by atoms with Crippen LogP contribution < -0.4 is 19.6 Å². The molecule has 1 atom stereocenters. The Bertz CT molecular complexity index is 1890. The first-order chi connectivity index (χ1) is 19.7. The molecule has 41 heavy (non-hydrogen) atoms. The van der Waals surface area contributed by atoms with Crippen LogP contribution in [0.2, 0.25) is 5.02 Å². The van der Waals surface area contributed by atoms with Crippen molar-refractivity contribution in [3.05, 3.63) is 128 Å². The molecule has 210 valence electrons. The zero-order valence-electron chi connectivity index (χ0n) is 21.8. The monoisotopic (exact) mass is 718 g/mol. The van der Waals surface area contributed by atoms with Crippen molar-refractivity contribution in [1.29, 1.82) is 0 Å². The summed E-state index contributed by atoms with van der Waals surface area (Å²) in [7, 11) is 0. The molecular weight excluding hydrogens is 699 g/mol. The second-order valence-electron chi connectivity index (χ2n) is 9.01. The first-order valence-electron chi connectivity index (χ1n) is 12.5. The molecule has 0 saturated carbocycles. The molecule has 1 aliphatic heterocycles. The number of aromatic nitrogens is 1. The van der Waals surface area contributed by atoms with Crippen LogP contribution in [0.5, 0.6) is 5.75 Å². The number of hydrogen-bond donors (Lipinski definition) is 0. The summed E-state index contributed by atoms with van der Waals surface area (Å²) in [4.78, 5) is 32.1. The van der Waals surface area contributed by atoms with Crippen LogP contribution in [0.3, 0.4) is 0 Å². The van der Waals surface area contributed by atoms with Crippen molar-refractivity contribution in [2.45, 2.75) is 26.5 Å². The van der Waals surface area contributed by atoms with Gasteiger partial charge in [0.05, 0.1) is 26.9 Å². The summed E-state index contributed by atoms with van der Waals surface area (Å²) in [5.74, 6) is -0.496. The molecule has 0 amide bonds. The maximum absolute atomic E-state index is 14.3. The van der Waals surface area contributed by atoms with E-state index in [0.717, 1.165) is 4.47 Å². The average Bonchev–Trinajstić information content (AvgIpc) is 3.22. The summed E-state index contributed by atoms with van der Waals surface area (Å²) in [6.07, 6.45) is 1.70. The fourth-order valence-corrected chi connectivity index (χ4v) is 7.18. The Hall–Kier alpha value is -3.05. The first kappa shape index (κ1) is 29.4. The minimum Gasteiger partial charge on any atom is -0.487 e. The fourth-order valence-electron chi connectivity index (χ4n) is 4.53. The van der Waals surface area contributed by atoms with Gasteiger partial charge in [0, 0.05) is 20.6 Å². The molecule has 0 N–H and O–H groups in total. The predicted octanol–water partition coefficient (Wildman–Crippen LogP) is 6.69. The molecule has 11 heteroatoms. The molecular formula is C30H22Br2ClFN2O4S. The van der Waals surface area contributed by atoms with Crippen molar-refractivity contribution in [3.63, 3.8) is 0 Å². The van der Waals surface area contributed by atoms with E-state index in [9.17, 15) is 14.0 Å². The normalized spacial score (nSPS) is 15.0. The number of thiazole rings is 1. The number of esters is 1. The molecule has 0 radical (unpaired) electrons. The molecule has 0 saturated heterocycles. The van der Waals surface area contributed by atoms with Gasteiger partial charge in [-0.3, -0.25) is 9.36 Å². The van der Waals surface area contributed by atoms with Crippen LogP contribution in [0.15, 0.2) is 90.7 Å². The third-order valence-corrected chi connectivity index (χ3v) is 8.74. The second-order valence-corrected chi connectivity index (χ2v) is 12.2. The average molecular weight is 721 g/mol. The molecule has 0 bridgehead atoms. The molecule has 4 aromatic rings. The van der Waals surface area contributed by atoms with E-state index in [1.54, 1.807) is 68.5 Å². The Morgan fingerprint density at radius 2 is 1.90 bits per heavy atom. The SMILES string of the molecule is CCOC(=O)C1=C(C)N=c2s/c(=C\c3cc(Br)cc(Br)c3OCc3ccccc3F)c(=O)n2[C@H]1c1ccccc1Cl. The number of carbonyl (C=O) groups is 1. The minimum absolute atomic E-state index is 0.0103. The van der Waals surface area contributed by atoms with Crippen LogP contribution in [0, 0.1) is 5.82 Å². The van der Waals surface area contributed by atoms with E-state index in [1.165, 1.54) is 22.0 Å². The van der Waals surface area contributed by atoms with E-state index in [0.29, 0.717) is 47.0 Å². The van der Waals surface area contributed by atoms with E-state index in [4.69, 9.17) is 21.1 Å². The summed E-state index contributed by atoms with van der Waals surface area (Å²) < 4.78 is 28.9. The van der Waals surface area contributed by atoms with E-state index < -0.39 is 12.0 Å². The Labute approximate surface area is 260 Å².